The molecule has 0 aliphatic heterocycles. The van der Waals surface area contributed by atoms with E-state index < -0.39 is 0 Å². The van der Waals surface area contributed by atoms with Crippen molar-refractivity contribution in [2.75, 3.05) is 19.5 Å². The Bertz CT molecular complexity index is 1590. The summed E-state index contributed by atoms with van der Waals surface area (Å²) in [5, 5.41) is 8.45. The van der Waals surface area contributed by atoms with Gasteiger partial charge in [0.1, 0.15) is 11.5 Å². The van der Waals surface area contributed by atoms with Crippen LogP contribution in [0.5, 0.6) is 11.5 Å². The average molecular weight is 473 g/mol. The van der Waals surface area contributed by atoms with Crippen LogP contribution < -0.4 is 20.3 Å². The smallest absolute Gasteiger partial charge is 0.283 e. The number of carbonyl (C=O) groups excluding carboxylic acids is 1. The van der Waals surface area contributed by atoms with E-state index in [4.69, 9.17) is 9.47 Å². The Hall–Kier alpha value is -4.24. The number of carbonyl (C=O) groups is 1. The van der Waals surface area contributed by atoms with E-state index in [9.17, 15) is 9.59 Å². The SMILES string of the molecule is COc1cccc(CC(=O)c2ccc3c(=O)n4nc(Nc5ccccc5OC)sc4nc3c2)c1. The maximum absolute atomic E-state index is 13.0. The molecule has 0 fully saturated rings. The van der Waals surface area contributed by atoms with Crippen LogP contribution in [0.1, 0.15) is 15.9 Å². The predicted octanol–water partition coefficient (Wildman–Crippen LogP) is 4.49. The molecule has 0 aliphatic rings. The van der Waals surface area contributed by atoms with Gasteiger partial charge in [0.05, 0.1) is 30.8 Å². The molecule has 1 N–H and O–H groups in total. The molecule has 5 aromatic rings. The van der Waals surface area contributed by atoms with Crippen molar-refractivity contribution in [2.45, 2.75) is 6.42 Å². The second-order valence-corrected chi connectivity index (χ2v) is 8.48. The molecule has 0 spiro atoms. The number of rotatable bonds is 7. The molecule has 2 aromatic heterocycles. The molecular formula is C25H20N4O4S. The highest BCUT2D eigenvalue weighted by Crippen LogP contribution is 2.29. The number of aromatic nitrogens is 3. The van der Waals surface area contributed by atoms with Gasteiger partial charge in [0, 0.05) is 12.0 Å². The van der Waals surface area contributed by atoms with E-state index >= 15 is 0 Å². The van der Waals surface area contributed by atoms with Crippen LogP contribution in [0.15, 0.2) is 71.5 Å². The van der Waals surface area contributed by atoms with Crippen molar-refractivity contribution in [1.82, 2.24) is 14.6 Å². The summed E-state index contributed by atoms with van der Waals surface area (Å²) in [4.78, 5) is 30.9. The molecule has 0 saturated carbocycles. The lowest BCUT2D eigenvalue weighted by molar-refractivity contribution is 0.0993. The minimum absolute atomic E-state index is 0.0695. The molecule has 9 heteroatoms. The van der Waals surface area contributed by atoms with Crippen LogP contribution in [-0.2, 0) is 6.42 Å². The molecule has 34 heavy (non-hydrogen) atoms. The summed E-state index contributed by atoms with van der Waals surface area (Å²) >= 11 is 1.24. The molecule has 0 atom stereocenters. The quantitative estimate of drug-likeness (QED) is 0.349. The first-order valence-electron chi connectivity index (χ1n) is 10.5. The van der Waals surface area contributed by atoms with Gasteiger partial charge < -0.3 is 14.8 Å². The van der Waals surface area contributed by atoms with Crippen LogP contribution in [0.3, 0.4) is 0 Å². The number of methoxy groups -OCH3 is 2. The Morgan fingerprint density at radius 2 is 1.88 bits per heavy atom. The van der Waals surface area contributed by atoms with Crippen LogP contribution in [-0.4, -0.2) is 34.6 Å². The summed E-state index contributed by atoms with van der Waals surface area (Å²) in [6, 6.07) is 19.8. The lowest BCUT2D eigenvalue weighted by atomic mass is 10.0. The fourth-order valence-corrected chi connectivity index (χ4v) is 4.48. The molecular weight excluding hydrogens is 452 g/mol. The average Bonchev–Trinajstić information content (AvgIpc) is 3.26. The van der Waals surface area contributed by atoms with Crippen LogP contribution in [0.2, 0.25) is 0 Å². The topological polar surface area (TPSA) is 94.8 Å². The van der Waals surface area contributed by atoms with E-state index in [2.05, 4.69) is 15.4 Å². The molecule has 0 bridgehead atoms. The third kappa shape index (κ3) is 4.08. The lowest BCUT2D eigenvalue weighted by Crippen LogP contribution is -2.15. The highest BCUT2D eigenvalue weighted by Gasteiger charge is 2.15. The summed E-state index contributed by atoms with van der Waals surface area (Å²) in [6.45, 7) is 0. The van der Waals surface area contributed by atoms with E-state index in [-0.39, 0.29) is 17.8 Å². The minimum atomic E-state index is -0.295. The maximum atomic E-state index is 13.0. The van der Waals surface area contributed by atoms with E-state index in [0.29, 0.717) is 38.1 Å². The number of Topliss-reactive ketones (excluding diaryl/α,β-unsaturated/α-hetero) is 1. The van der Waals surface area contributed by atoms with E-state index in [0.717, 1.165) is 11.3 Å². The first kappa shape index (κ1) is 21.6. The van der Waals surface area contributed by atoms with Crippen LogP contribution in [0.25, 0.3) is 15.9 Å². The standard InChI is InChI=1S/C25H20N4O4S/c1-32-17-7-5-6-15(12-17)13-21(30)16-10-11-18-20(14-16)27-25-29(23(18)31)28-24(34-25)26-19-8-3-4-9-22(19)33-2/h3-12,14H,13H2,1-2H3,(H,26,28). The van der Waals surface area contributed by atoms with Gasteiger partial charge in [-0.15, -0.1) is 5.10 Å². The summed E-state index contributed by atoms with van der Waals surface area (Å²) in [5.74, 6) is 1.29. The van der Waals surface area contributed by atoms with Gasteiger partial charge in [-0.3, -0.25) is 9.59 Å². The summed E-state index contributed by atoms with van der Waals surface area (Å²) in [7, 11) is 3.18. The molecule has 5 rings (SSSR count). The Morgan fingerprint density at radius 1 is 1.03 bits per heavy atom. The third-order valence-electron chi connectivity index (χ3n) is 5.37. The van der Waals surface area contributed by atoms with Gasteiger partial charge in [-0.05, 0) is 42.0 Å². The zero-order valence-electron chi connectivity index (χ0n) is 18.4. The number of hydrogen-bond donors (Lipinski definition) is 1. The van der Waals surface area contributed by atoms with E-state index in [1.54, 1.807) is 32.4 Å². The number of fused-ring (bicyclic) bond motifs is 2. The molecule has 170 valence electrons. The van der Waals surface area contributed by atoms with Gasteiger partial charge in [-0.25, -0.2) is 4.98 Å². The van der Waals surface area contributed by atoms with Gasteiger partial charge >= 0.3 is 0 Å². The number of hydrogen-bond acceptors (Lipinski definition) is 8. The number of benzene rings is 3. The second-order valence-electron chi connectivity index (χ2n) is 7.53. The first-order valence-corrected chi connectivity index (χ1v) is 11.3. The number of nitrogens with one attached hydrogen (secondary N) is 1. The van der Waals surface area contributed by atoms with Crippen molar-refractivity contribution in [3.63, 3.8) is 0 Å². The van der Waals surface area contributed by atoms with Gasteiger partial charge in [-0.1, -0.05) is 41.7 Å². The monoisotopic (exact) mass is 472 g/mol. The van der Waals surface area contributed by atoms with Crippen molar-refractivity contribution < 1.29 is 14.3 Å². The largest absolute Gasteiger partial charge is 0.497 e. The van der Waals surface area contributed by atoms with Crippen LogP contribution in [0.4, 0.5) is 10.8 Å². The molecule has 0 radical (unpaired) electrons. The lowest BCUT2D eigenvalue weighted by Gasteiger charge is -2.07. The fraction of sp³-hybridized carbons (Fsp3) is 0.120. The zero-order chi connectivity index (χ0) is 23.7. The van der Waals surface area contributed by atoms with Crippen molar-refractivity contribution in [3.8, 4) is 11.5 Å². The maximum Gasteiger partial charge on any atom is 0.283 e. The van der Waals surface area contributed by atoms with Crippen LogP contribution >= 0.6 is 11.3 Å². The Kier molecular flexibility index (Phi) is 5.69. The summed E-state index contributed by atoms with van der Waals surface area (Å²) < 4.78 is 11.9. The number of ether oxygens (including phenoxy) is 2. The molecule has 8 nitrogen and oxygen atoms in total. The third-order valence-corrected chi connectivity index (χ3v) is 6.19. The van der Waals surface area contributed by atoms with Gasteiger partial charge in [0.15, 0.2) is 5.78 Å². The fourth-order valence-electron chi connectivity index (χ4n) is 3.67. The first-order chi connectivity index (χ1) is 16.6. The number of anilines is 2. The van der Waals surface area contributed by atoms with Crippen molar-refractivity contribution >= 4 is 43.8 Å². The zero-order valence-corrected chi connectivity index (χ0v) is 19.3. The van der Waals surface area contributed by atoms with Gasteiger partial charge in [0.2, 0.25) is 10.1 Å². The Balaban J connectivity index is 1.48. The summed E-state index contributed by atoms with van der Waals surface area (Å²) in [5.41, 5.74) is 2.23. The second kappa shape index (κ2) is 8.95. The minimum Gasteiger partial charge on any atom is -0.497 e. The van der Waals surface area contributed by atoms with E-state index in [1.165, 1.54) is 15.9 Å². The molecule has 3 aromatic carbocycles. The Labute approximate surface area is 198 Å². The molecule has 0 amide bonds. The van der Waals surface area contributed by atoms with Crippen molar-refractivity contribution in [2.24, 2.45) is 0 Å². The number of para-hydroxylation sites is 2. The van der Waals surface area contributed by atoms with E-state index in [1.807, 2.05) is 48.5 Å². The molecule has 0 unspecified atom stereocenters. The van der Waals surface area contributed by atoms with Gasteiger partial charge in [0.25, 0.3) is 5.56 Å². The van der Waals surface area contributed by atoms with Crippen molar-refractivity contribution in [3.05, 3.63) is 88.2 Å². The Morgan fingerprint density at radius 3 is 2.71 bits per heavy atom. The van der Waals surface area contributed by atoms with Crippen molar-refractivity contribution in [1.29, 1.82) is 0 Å². The molecule has 0 saturated heterocycles. The summed E-state index contributed by atoms with van der Waals surface area (Å²) in [6.07, 6.45) is 0.220. The highest BCUT2D eigenvalue weighted by atomic mass is 32.1. The predicted molar refractivity (Wildman–Crippen MR) is 132 cm³/mol. The molecule has 0 aliphatic carbocycles. The normalized spacial score (nSPS) is 11.0. The number of nitrogens with zero attached hydrogens (tertiary/aromatic N) is 3. The van der Waals surface area contributed by atoms with Gasteiger partial charge in [-0.2, -0.15) is 4.52 Å². The molecule has 2 heterocycles. The van der Waals surface area contributed by atoms with Crippen LogP contribution in [0, 0.1) is 0 Å². The highest BCUT2D eigenvalue weighted by molar-refractivity contribution is 7.20. The number of ketones is 1.